The normalized spacial score (nSPS) is 14.3. The first-order chi connectivity index (χ1) is 14.8. The lowest BCUT2D eigenvalue weighted by Gasteiger charge is -2.18. The molecule has 0 unspecified atom stereocenters. The van der Waals surface area contributed by atoms with Gasteiger partial charge < -0.3 is 14.4 Å². The van der Waals surface area contributed by atoms with Crippen LogP contribution in [-0.4, -0.2) is 25.3 Å². The third-order valence-corrected chi connectivity index (χ3v) is 6.06. The van der Waals surface area contributed by atoms with Crippen molar-refractivity contribution < 1.29 is 9.47 Å². The predicted octanol–water partition coefficient (Wildman–Crippen LogP) is 5.47. The molecule has 0 bridgehead atoms. The molecule has 1 aliphatic carbocycles. The molecule has 3 aromatic rings. The molecule has 0 N–H and O–H groups in total. The third kappa shape index (κ3) is 3.73. The van der Waals surface area contributed by atoms with Crippen molar-refractivity contribution in [1.29, 1.82) is 0 Å². The van der Waals surface area contributed by atoms with Gasteiger partial charge in [0.25, 0.3) is 0 Å². The fraction of sp³-hybridized carbons (Fsp3) is 0.259. The largest absolute Gasteiger partial charge is 0.454 e. The van der Waals surface area contributed by atoms with E-state index in [0.29, 0.717) is 6.79 Å². The summed E-state index contributed by atoms with van der Waals surface area (Å²) in [5.74, 6) is 1.75. The van der Waals surface area contributed by atoms with Gasteiger partial charge in [-0.15, -0.1) is 0 Å². The first-order valence-electron chi connectivity index (χ1n) is 10.7. The molecular formula is C27H27NO2. The van der Waals surface area contributed by atoms with Crippen molar-refractivity contribution in [3.05, 3.63) is 101 Å². The smallest absolute Gasteiger partial charge is 0.231 e. The average Bonchev–Trinajstić information content (AvgIpc) is 3.20. The van der Waals surface area contributed by atoms with E-state index < -0.39 is 0 Å². The Balaban J connectivity index is 1.35. The molecule has 2 aliphatic rings. The molecule has 0 atom stereocenters. The van der Waals surface area contributed by atoms with Crippen LogP contribution in [0.3, 0.4) is 0 Å². The lowest BCUT2D eigenvalue weighted by Crippen LogP contribution is -2.19. The van der Waals surface area contributed by atoms with Crippen LogP contribution in [0.2, 0.25) is 0 Å². The first-order valence-corrected chi connectivity index (χ1v) is 10.7. The fourth-order valence-corrected chi connectivity index (χ4v) is 4.55. The first kappa shape index (κ1) is 19.0. The van der Waals surface area contributed by atoms with Crippen LogP contribution >= 0.6 is 0 Å². The molecule has 3 aromatic carbocycles. The summed E-state index contributed by atoms with van der Waals surface area (Å²) >= 11 is 0. The number of rotatable bonds is 5. The topological polar surface area (TPSA) is 21.7 Å². The average molecular weight is 398 g/mol. The quantitative estimate of drug-likeness (QED) is 0.570. The summed E-state index contributed by atoms with van der Waals surface area (Å²) < 4.78 is 11.2. The van der Waals surface area contributed by atoms with E-state index in [1.54, 1.807) is 0 Å². The number of fused-ring (bicyclic) bond motifs is 3. The van der Waals surface area contributed by atoms with Gasteiger partial charge in [0.05, 0.1) is 0 Å². The van der Waals surface area contributed by atoms with Crippen LogP contribution in [0.4, 0.5) is 0 Å². The van der Waals surface area contributed by atoms with Crippen molar-refractivity contribution in [2.75, 3.05) is 20.4 Å². The monoisotopic (exact) mass is 397 g/mol. The lowest BCUT2D eigenvalue weighted by molar-refractivity contribution is 0.172. The summed E-state index contributed by atoms with van der Waals surface area (Å²) in [5, 5.41) is 0. The molecule has 0 radical (unpaired) electrons. The van der Waals surface area contributed by atoms with E-state index in [1.807, 2.05) is 12.1 Å². The van der Waals surface area contributed by atoms with Gasteiger partial charge in [0, 0.05) is 18.7 Å². The number of hydrogen-bond acceptors (Lipinski definition) is 3. The molecule has 0 spiro atoms. The van der Waals surface area contributed by atoms with Crippen LogP contribution < -0.4 is 9.47 Å². The van der Waals surface area contributed by atoms with Gasteiger partial charge in [-0.3, -0.25) is 0 Å². The molecule has 0 fully saturated rings. The molecule has 1 heterocycles. The zero-order valence-corrected chi connectivity index (χ0v) is 17.4. The predicted molar refractivity (Wildman–Crippen MR) is 121 cm³/mol. The van der Waals surface area contributed by atoms with E-state index in [9.17, 15) is 0 Å². The van der Waals surface area contributed by atoms with Gasteiger partial charge in [-0.25, -0.2) is 0 Å². The van der Waals surface area contributed by atoms with Crippen molar-refractivity contribution >= 4 is 5.57 Å². The van der Waals surface area contributed by atoms with E-state index in [2.05, 4.69) is 72.6 Å². The standard InChI is InChI=1S/C27H27NO2/c1-28(18-22-10-6-14-26-27(22)30-19-29-26)17-7-13-25-23-11-4-2-8-20(23)15-16-21-9-3-5-12-24(21)25/h2-6,8-14H,7,15-19H2,1H3. The minimum absolute atomic E-state index is 0.320. The zero-order valence-electron chi connectivity index (χ0n) is 17.4. The molecule has 3 nitrogen and oxygen atoms in total. The van der Waals surface area contributed by atoms with Gasteiger partial charge in [0.2, 0.25) is 6.79 Å². The molecular weight excluding hydrogens is 370 g/mol. The Labute approximate surface area is 178 Å². The van der Waals surface area contributed by atoms with Crippen molar-refractivity contribution in [3.8, 4) is 11.5 Å². The summed E-state index contributed by atoms with van der Waals surface area (Å²) in [7, 11) is 2.17. The van der Waals surface area contributed by atoms with Crippen LogP contribution in [-0.2, 0) is 19.4 Å². The van der Waals surface area contributed by atoms with Gasteiger partial charge >= 0.3 is 0 Å². The Morgan fingerprint density at radius 3 is 2.27 bits per heavy atom. The van der Waals surface area contributed by atoms with Gasteiger partial charge in [0.15, 0.2) is 11.5 Å². The number of nitrogens with zero attached hydrogens (tertiary/aromatic N) is 1. The van der Waals surface area contributed by atoms with E-state index in [-0.39, 0.29) is 0 Å². The summed E-state index contributed by atoms with van der Waals surface area (Å²) in [5.41, 5.74) is 8.23. The van der Waals surface area contributed by atoms with Gasteiger partial charge in [0.1, 0.15) is 0 Å². The highest BCUT2D eigenvalue weighted by atomic mass is 16.7. The number of para-hydroxylation sites is 1. The number of benzene rings is 3. The second-order valence-electron chi connectivity index (χ2n) is 8.11. The Kier molecular flexibility index (Phi) is 5.29. The second-order valence-corrected chi connectivity index (χ2v) is 8.11. The highest BCUT2D eigenvalue weighted by Crippen LogP contribution is 2.36. The molecule has 1 aliphatic heterocycles. The maximum absolute atomic E-state index is 5.66. The van der Waals surface area contributed by atoms with Crippen molar-refractivity contribution in [1.82, 2.24) is 4.90 Å². The minimum Gasteiger partial charge on any atom is -0.454 e. The Hall–Kier alpha value is -3.04. The van der Waals surface area contributed by atoms with Crippen LogP contribution in [0.1, 0.15) is 34.2 Å². The Morgan fingerprint density at radius 1 is 0.833 bits per heavy atom. The van der Waals surface area contributed by atoms with Crippen LogP contribution in [0.5, 0.6) is 11.5 Å². The second kappa shape index (κ2) is 8.37. The SMILES string of the molecule is CN(CCC=C1c2ccccc2CCc2ccccc21)Cc1cccc2c1OCO2. The maximum atomic E-state index is 5.66. The van der Waals surface area contributed by atoms with Crippen molar-refractivity contribution in [2.24, 2.45) is 0 Å². The fourth-order valence-electron chi connectivity index (χ4n) is 4.55. The summed E-state index contributed by atoms with van der Waals surface area (Å²) in [6, 6.07) is 23.9. The van der Waals surface area contributed by atoms with Crippen LogP contribution in [0.15, 0.2) is 72.8 Å². The summed E-state index contributed by atoms with van der Waals surface area (Å²) in [4.78, 5) is 2.35. The molecule has 3 heteroatoms. The molecule has 0 amide bonds. The van der Waals surface area contributed by atoms with Gasteiger partial charge in [-0.2, -0.15) is 0 Å². The highest BCUT2D eigenvalue weighted by molar-refractivity contribution is 5.83. The van der Waals surface area contributed by atoms with Crippen LogP contribution in [0.25, 0.3) is 5.57 Å². The van der Waals surface area contributed by atoms with Crippen molar-refractivity contribution in [2.45, 2.75) is 25.8 Å². The van der Waals surface area contributed by atoms with Gasteiger partial charge in [-0.1, -0.05) is 66.7 Å². The van der Waals surface area contributed by atoms with E-state index >= 15 is 0 Å². The number of ether oxygens (including phenoxy) is 2. The molecule has 0 saturated carbocycles. The lowest BCUT2D eigenvalue weighted by atomic mass is 9.93. The van der Waals surface area contributed by atoms with E-state index in [4.69, 9.17) is 9.47 Å². The van der Waals surface area contributed by atoms with E-state index in [1.165, 1.54) is 33.4 Å². The summed E-state index contributed by atoms with van der Waals surface area (Å²) in [6.45, 7) is 2.15. The third-order valence-electron chi connectivity index (χ3n) is 6.06. The summed E-state index contributed by atoms with van der Waals surface area (Å²) in [6.07, 6.45) is 5.63. The van der Waals surface area contributed by atoms with Crippen LogP contribution in [0, 0.1) is 0 Å². The Morgan fingerprint density at radius 2 is 1.53 bits per heavy atom. The van der Waals surface area contributed by atoms with E-state index in [0.717, 1.165) is 43.9 Å². The molecule has 152 valence electrons. The molecule has 5 rings (SSSR count). The van der Waals surface area contributed by atoms with Gasteiger partial charge in [-0.05, 0) is 60.2 Å². The Bertz CT molecular complexity index is 1040. The van der Waals surface area contributed by atoms with Crippen molar-refractivity contribution in [3.63, 3.8) is 0 Å². The number of aryl methyl sites for hydroxylation is 2. The number of hydrogen-bond donors (Lipinski definition) is 0. The molecule has 0 saturated heterocycles. The molecule has 0 aromatic heterocycles. The highest BCUT2D eigenvalue weighted by Gasteiger charge is 2.19. The molecule has 30 heavy (non-hydrogen) atoms. The maximum Gasteiger partial charge on any atom is 0.231 e. The zero-order chi connectivity index (χ0) is 20.3. The minimum atomic E-state index is 0.320.